The predicted octanol–water partition coefficient (Wildman–Crippen LogP) is 11.7. The molecule has 0 atom stereocenters. The molecule has 0 aliphatic rings. The molecular weight excluding hydrogens is 885 g/mol. The topological polar surface area (TPSA) is 68.3 Å². The molecule has 0 saturated heterocycles. The Kier molecular flexibility index (Phi) is 13.5. The van der Waals surface area contributed by atoms with E-state index < -0.39 is 28.6 Å². The van der Waals surface area contributed by atoms with Crippen LogP contribution in [0.1, 0.15) is 22.3 Å². The molecule has 0 spiro atoms. The molecule has 9 aromatic carbocycles. The number of hydrogen-bond acceptors (Lipinski definition) is 4. The van der Waals surface area contributed by atoms with Crippen LogP contribution in [0.3, 0.4) is 0 Å². The quantitative estimate of drug-likeness (QED) is 0.0905. The van der Waals surface area contributed by atoms with Crippen LogP contribution >= 0.6 is 28.6 Å². The zero-order chi connectivity index (χ0) is 45.5. The zero-order valence-corrected chi connectivity index (χ0v) is 40.1. The van der Waals surface area contributed by atoms with Crippen LogP contribution < -0.4 is 42.4 Å². The molecular formula is C58H50O4P4. The maximum absolute atomic E-state index is 16.5. The Morgan fingerprint density at radius 2 is 0.348 bits per heavy atom. The van der Waals surface area contributed by atoms with Gasteiger partial charge in [0.2, 0.25) is 0 Å². The predicted molar refractivity (Wildman–Crippen MR) is 280 cm³/mol. The summed E-state index contributed by atoms with van der Waals surface area (Å²) in [6, 6.07) is 80.9. The van der Waals surface area contributed by atoms with Gasteiger partial charge in [-0.2, -0.15) is 0 Å². The van der Waals surface area contributed by atoms with Crippen LogP contribution in [0.2, 0.25) is 0 Å². The minimum Gasteiger partial charge on any atom is -0.313 e. The van der Waals surface area contributed by atoms with E-state index in [1.807, 2.05) is 255 Å². The molecule has 0 N–H and O–H groups in total. The van der Waals surface area contributed by atoms with Crippen molar-refractivity contribution in [2.45, 2.75) is 24.6 Å². The fourth-order valence-electron chi connectivity index (χ4n) is 9.08. The van der Waals surface area contributed by atoms with E-state index in [1.54, 1.807) is 0 Å². The molecule has 0 saturated carbocycles. The zero-order valence-electron chi connectivity index (χ0n) is 36.5. The molecule has 0 amide bonds. The Bertz CT molecular complexity index is 2830. The molecule has 326 valence electrons. The van der Waals surface area contributed by atoms with Gasteiger partial charge in [0.15, 0.2) is 0 Å². The summed E-state index contributed by atoms with van der Waals surface area (Å²) in [5.74, 6) is 0. The van der Waals surface area contributed by atoms with Gasteiger partial charge >= 0.3 is 0 Å². The molecule has 0 radical (unpaired) electrons. The third-order valence-corrected chi connectivity index (χ3v) is 24.7. The van der Waals surface area contributed by atoms with Crippen molar-refractivity contribution in [1.82, 2.24) is 0 Å². The summed E-state index contributed by atoms with van der Waals surface area (Å²) < 4.78 is 65.5. The van der Waals surface area contributed by atoms with Gasteiger partial charge in [-0.25, -0.2) is 0 Å². The van der Waals surface area contributed by atoms with Crippen LogP contribution in [0, 0.1) is 0 Å². The lowest BCUT2D eigenvalue weighted by molar-refractivity contribution is 0.583. The van der Waals surface area contributed by atoms with E-state index in [0.717, 1.165) is 22.3 Å². The Labute approximate surface area is 389 Å². The van der Waals surface area contributed by atoms with Gasteiger partial charge in [-0.15, -0.1) is 0 Å². The van der Waals surface area contributed by atoms with E-state index >= 15 is 18.3 Å². The van der Waals surface area contributed by atoms with Crippen molar-refractivity contribution in [2.24, 2.45) is 0 Å². The Morgan fingerprint density at radius 1 is 0.197 bits per heavy atom. The van der Waals surface area contributed by atoms with Crippen LogP contribution in [0.15, 0.2) is 255 Å². The van der Waals surface area contributed by atoms with Gasteiger partial charge < -0.3 is 18.3 Å². The summed E-state index contributed by atoms with van der Waals surface area (Å²) in [5.41, 5.74) is 2.93. The molecule has 0 fully saturated rings. The van der Waals surface area contributed by atoms with E-state index in [-0.39, 0.29) is 24.6 Å². The van der Waals surface area contributed by atoms with Crippen molar-refractivity contribution >= 4 is 71.0 Å². The smallest absolute Gasteiger partial charge is 0.147 e. The van der Waals surface area contributed by atoms with E-state index in [2.05, 4.69) is 0 Å². The third-order valence-electron chi connectivity index (χ3n) is 12.6. The second-order valence-corrected chi connectivity index (χ2v) is 27.9. The SMILES string of the molecule is O=P(Cc1ccc(CP(=O)(c2ccccc2)c2ccccc2)c(CP(=O)(c2ccccc2)c2ccccc2)c1CP(=O)(c1ccccc1)c1ccccc1)(c1ccccc1)c1ccccc1. The summed E-state index contributed by atoms with van der Waals surface area (Å²) in [5, 5.41) is 5.56. The van der Waals surface area contributed by atoms with E-state index in [1.165, 1.54) is 0 Å². The van der Waals surface area contributed by atoms with Crippen LogP contribution in [0.5, 0.6) is 0 Å². The maximum Gasteiger partial charge on any atom is 0.147 e. The molecule has 4 nitrogen and oxygen atoms in total. The van der Waals surface area contributed by atoms with Crippen molar-refractivity contribution in [3.05, 3.63) is 277 Å². The van der Waals surface area contributed by atoms with Gasteiger partial charge in [0.05, 0.1) is 0 Å². The fourth-order valence-corrected chi connectivity index (χ4v) is 20.2. The van der Waals surface area contributed by atoms with E-state index in [0.29, 0.717) is 42.4 Å². The van der Waals surface area contributed by atoms with Crippen molar-refractivity contribution < 1.29 is 18.3 Å². The molecule has 0 aliphatic carbocycles. The number of hydrogen-bond donors (Lipinski definition) is 0. The summed E-state index contributed by atoms with van der Waals surface area (Å²) in [7, 11) is -14.0. The van der Waals surface area contributed by atoms with Gasteiger partial charge in [0.25, 0.3) is 0 Å². The third kappa shape index (κ3) is 9.18. The van der Waals surface area contributed by atoms with Crippen LogP contribution in [-0.2, 0) is 42.9 Å². The average Bonchev–Trinajstić information content (AvgIpc) is 3.39. The highest BCUT2D eigenvalue weighted by Gasteiger charge is 2.38. The largest absolute Gasteiger partial charge is 0.313 e. The highest BCUT2D eigenvalue weighted by atomic mass is 31.2. The first-order chi connectivity index (χ1) is 32.2. The molecule has 9 aromatic rings. The first-order valence-corrected chi connectivity index (χ1v) is 29.7. The molecule has 8 heteroatoms. The van der Waals surface area contributed by atoms with Crippen molar-refractivity contribution in [2.75, 3.05) is 0 Å². The Morgan fingerprint density at radius 3 is 0.515 bits per heavy atom. The standard InChI is InChI=1S/C58H50O4P4/c59-63(49-25-9-1-10-26-49,50-27-11-2-12-28-50)43-47-41-42-48(44-64(60,51-29-13-3-14-30-51)52-31-15-4-16-32-52)58(46-66(62,55-37-21-7-22-38-55)56-39-23-8-24-40-56)57(47)45-65(61,53-33-17-5-18-34-53)54-35-19-6-20-36-54/h1-42H,43-46H2. The highest BCUT2D eigenvalue weighted by molar-refractivity contribution is 7.79. The Hall–Kier alpha value is -6.10. The summed E-state index contributed by atoms with van der Waals surface area (Å²) in [4.78, 5) is 0. The second kappa shape index (κ2) is 19.8. The van der Waals surface area contributed by atoms with Crippen molar-refractivity contribution in [3.63, 3.8) is 0 Å². The second-order valence-electron chi connectivity index (χ2n) is 16.6. The van der Waals surface area contributed by atoms with Crippen LogP contribution in [0.4, 0.5) is 0 Å². The van der Waals surface area contributed by atoms with Gasteiger partial charge in [0, 0.05) is 67.1 Å². The Balaban J connectivity index is 1.38. The normalized spacial score (nSPS) is 12.1. The lowest BCUT2D eigenvalue weighted by Crippen LogP contribution is -2.23. The number of rotatable bonds is 16. The fraction of sp³-hybridized carbons (Fsp3) is 0.0690. The van der Waals surface area contributed by atoms with Gasteiger partial charge in [-0.3, -0.25) is 0 Å². The molecule has 0 bridgehead atoms. The molecule has 0 heterocycles. The highest BCUT2D eigenvalue weighted by Crippen LogP contribution is 2.57. The minimum atomic E-state index is -3.55. The summed E-state index contributed by atoms with van der Waals surface area (Å²) in [6.45, 7) is 0. The van der Waals surface area contributed by atoms with Gasteiger partial charge in [-0.05, 0) is 22.3 Å². The van der Waals surface area contributed by atoms with Crippen LogP contribution in [-0.4, -0.2) is 0 Å². The molecule has 0 aromatic heterocycles. The van der Waals surface area contributed by atoms with Crippen LogP contribution in [0.25, 0.3) is 0 Å². The van der Waals surface area contributed by atoms with E-state index in [9.17, 15) is 0 Å². The van der Waals surface area contributed by atoms with Gasteiger partial charge in [0.1, 0.15) is 28.6 Å². The molecule has 9 rings (SSSR count). The van der Waals surface area contributed by atoms with Crippen molar-refractivity contribution in [1.29, 1.82) is 0 Å². The first kappa shape index (κ1) is 45.1. The molecule has 0 aliphatic heterocycles. The first-order valence-electron chi connectivity index (χ1n) is 22.1. The number of benzene rings is 9. The van der Waals surface area contributed by atoms with Gasteiger partial charge in [-0.1, -0.05) is 255 Å². The lowest BCUT2D eigenvalue weighted by atomic mass is 9.99. The summed E-state index contributed by atoms with van der Waals surface area (Å²) >= 11 is 0. The molecule has 66 heavy (non-hydrogen) atoms. The summed E-state index contributed by atoms with van der Waals surface area (Å²) in [6.07, 6.45) is 0.327. The monoisotopic (exact) mass is 934 g/mol. The van der Waals surface area contributed by atoms with E-state index in [4.69, 9.17) is 0 Å². The average molecular weight is 935 g/mol. The molecule has 0 unspecified atom stereocenters. The maximum atomic E-state index is 16.5. The lowest BCUT2D eigenvalue weighted by Gasteiger charge is -2.30. The minimum absolute atomic E-state index is 0.0493. The van der Waals surface area contributed by atoms with Crippen molar-refractivity contribution in [3.8, 4) is 0 Å².